The predicted molar refractivity (Wildman–Crippen MR) is 126 cm³/mol. The summed E-state index contributed by atoms with van der Waals surface area (Å²) in [6.07, 6.45) is 1.16. The maximum absolute atomic E-state index is 12.2. The summed E-state index contributed by atoms with van der Waals surface area (Å²) >= 11 is 5.86. The highest BCUT2D eigenvalue weighted by atomic mass is 35.5. The summed E-state index contributed by atoms with van der Waals surface area (Å²) in [4.78, 5) is 14.6. The number of likely N-dealkylation sites (tertiary alicyclic amines) is 1. The molecule has 172 valence electrons. The monoisotopic (exact) mass is 479 g/mol. The van der Waals surface area contributed by atoms with Crippen LogP contribution in [-0.2, 0) is 0 Å². The molecule has 1 saturated heterocycles. The molecule has 1 fully saturated rings. The number of halogens is 2. The first-order valence-electron chi connectivity index (χ1n) is 10.5. The minimum atomic E-state index is -0.633. The van der Waals surface area contributed by atoms with E-state index < -0.39 is 5.76 Å². The summed E-state index contributed by atoms with van der Waals surface area (Å²) < 4.78 is 17.6. The van der Waals surface area contributed by atoms with Crippen LogP contribution in [0.4, 0.5) is 0 Å². The molecule has 0 N–H and O–H groups in total. The van der Waals surface area contributed by atoms with Crippen LogP contribution in [0.5, 0.6) is 17.6 Å². The van der Waals surface area contributed by atoms with Gasteiger partial charge in [0.05, 0.1) is 5.69 Å². The molecule has 32 heavy (non-hydrogen) atoms. The van der Waals surface area contributed by atoms with Gasteiger partial charge in [0.25, 0.3) is 0 Å². The molecule has 2 atom stereocenters. The molecule has 3 aromatic rings. The second-order valence-corrected chi connectivity index (χ2v) is 8.59. The number of hydrogen-bond donors (Lipinski definition) is 0. The van der Waals surface area contributed by atoms with E-state index in [2.05, 4.69) is 23.8 Å². The highest BCUT2D eigenvalue weighted by molar-refractivity contribution is 6.30. The Balaban J connectivity index is 0.00000289. The van der Waals surface area contributed by atoms with Gasteiger partial charge >= 0.3 is 11.8 Å². The molecule has 0 radical (unpaired) electrons. The maximum Gasteiger partial charge on any atom is 0.444 e. The van der Waals surface area contributed by atoms with Gasteiger partial charge < -0.3 is 13.9 Å². The lowest BCUT2D eigenvalue weighted by atomic mass is 9.92. The van der Waals surface area contributed by atoms with Crippen molar-refractivity contribution >= 4 is 24.0 Å². The maximum atomic E-state index is 12.2. The quantitative estimate of drug-likeness (QED) is 0.472. The SMILES string of the molecule is CC1CC(C)CN(CCOc2ccc(-n3nc(Oc4ccc(Cl)cc4)oc3=O)cc2)C1.Cl. The van der Waals surface area contributed by atoms with Crippen LogP contribution < -0.4 is 15.2 Å². The van der Waals surface area contributed by atoms with Crippen LogP contribution in [0.25, 0.3) is 5.69 Å². The Hall–Kier alpha value is -2.48. The number of ether oxygens (including phenoxy) is 2. The summed E-state index contributed by atoms with van der Waals surface area (Å²) in [6, 6.07) is 13.8. The molecule has 9 heteroatoms. The van der Waals surface area contributed by atoms with E-state index >= 15 is 0 Å². The fourth-order valence-electron chi connectivity index (χ4n) is 4.02. The molecule has 2 aromatic carbocycles. The summed E-state index contributed by atoms with van der Waals surface area (Å²) in [5.74, 6) is 2.05. The molecule has 4 rings (SSSR count). The zero-order valence-corrected chi connectivity index (χ0v) is 19.6. The third kappa shape index (κ3) is 6.28. The Kier molecular flexibility index (Phi) is 8.23. The van der Waals surface area contributed by atoms with E-state index in [0.717, 1.165) is 41.9 Å². The molecule has 0 bridgehead atoms. The highest BCUT2D eigenvalue weighted by Gasteiger charge is 2.21. The van der Waals surface area contributed by atoms with Crippen molar-refractivity contribution in [3.63, 3.8) is 0 Å². The Labute approximate surface area is 198 Å². The summed E-state index contributed by atoms with van der Waals surface area (Å²) in [7, 11) is 0. The first kappa shape index (κ1) is 24.2. The first-order chi connectivity index (χ1) is 15.0. The smallest absolute Gasteiger partial charge is 0.444 e. The molecule has 7 nitrogen and oxygen atoms in total. The van der Waals surface area contributed by atoms with Crippen molar-refractivity contribution in [2.24, 2.45) is 11.8 Å². The van der Waals surface area contributed by atoms with Gasteiger partial charge in [0.2, 0.25) is 0 Å². The predicted octanol–water partition coefficient (Wildman–Crippen LogP) is 5.05. The van der Waals surface area contributed by atoms with E-state index in [1.54, 1.807) is 36.4 Å². The minimum absolute atomic E-state index is 0. The van der Waals surface area contributed by atoms with Gasteiger partial charge in [-0.2, -0.15) is 4.68 Å². The van der Waals surface area contributed by atoms with E-state index in [0.29, 0.717) is 23.1 Å². The molecular weight excluding hydrogens is 453 g/mol. The van der Waals surface area contributed by atoms with Gasteiger partial charge in [0.1, 0.15) is 18.1 Å². The van der Waals surface area contributed by atoms with Crippen molar-refractivity contribution in [1.82, 2.24) is 14.7 Å². The lowest BCUT2D eigenvalue weighted by molar-refractivity contribution is 0.120. The Morgan fingerprint density at radius 3 is 2.31 bits per heavy atom. The summed E-state index contributed by atoms with van der Waals surface area (Å²) in [5.41, 5.74) is 0.561. The summed E-state index contributed by atoms with van der Waals surface area (Å²) in [6.45, 7) is 8.40. The molecular formula is C23H27Cl2N3O4. The lowest BCUT2D eigenvalue weighted by Crippen LogP contribution is -2.40. The third-order valence-corrected chi connectivity index (χ3v) is 5.50. The van der Waals surface area contributed by atoms with Gasteiger partial charge in [-0.15, -0.1) is 12.4 Å². The fraction of sp³-hybridized carbons (Fsp3) is 0.391. The van der Waals surface area contributed by atoms with E-state index in [9.17, 15) is 4.79 Å². The largest absolute Gasteiger partial charge is 0.492 e. The van der Waals surface area contributed by atoms with Gasteiger partial charge in [-0.25, -0.2) is 4.79 Å². The third-order valence-electron chi connectivity index (χ3n) is 5.25. The average Bonchev–Trinajstić information content (AvgIpc) is 3.09. The zero-order valence-electron chi connectivity index (χ0n) is 18.1. The highest BCUT2D eigenvalue weighted by Crippen LogP contribution is 2.22. The molecule has 0 spiro atoms. The van der Waals surface area contributed by atoms with E-state index in [1.807, 2.05) is 12.1 Å². The van der Waals surface area contributed by atoms with Crippen molar-refractivity contribution in [3.05, 3.63) is 64.1 Å². The van der Waals surface area contributed by atoms with Gasteiger partial charge in [0, 0.05) is 24.7 Å². The van der Waals surface area contributed by atoms with Crippen molar-refractivity contribution < 1.29 is 13.9 Å². The van der Waals surface area contributed by atoms with Gasteiger partial charge in [-0.3, -0.25) is 4.90 Å². The zero-order chi connectivity index (χ0) is 21.8. The Morgan fingerprint density at radius 1 is 1.03 bits per heavy atom. The van der Waals surface area contributed by atoms with E-state index in [-0.39, 0.29) is 18.5 Å². The second-order valence-electron chi connectivity index (χ2n) is 8.15. The number of hydrogen-bond acceptors (Lipinski definition) is 6. The fourth-order valence-corrected chi connectivity index (χ4v) is 4.15. The van der Waals surface area contributed by atoms with Crippen LogP contribution in [0.3, 0.4) is 0 Å². The van der Waals surface area contributed by atoms with Crippen molar-refractivity contribution in [3.8, 4) is 23.3 Å². The topological polar surface area (TPSA) is 69.7 Å². The number of benzene rings is 2. The first-order valence-corrected chi connectivity index (χ1v) is 10.8. The van der Waals surface area contributed by atoms with E-state index in [4.69, 9.17) is 25.5 Å². The van der Waals surface area contributed by atoms with Gasteiger partial charge in [-0.05, 0) is 66.8 Å². The molecule has 1 aliphatic heterocycles. The number of piperidine rings is 1. The van der Waals surface area contributed by atoms with Crippen LogP contribution in [0.2, 0.25) is 5.02 Å². The lowest BCUT2D eigenvalue weighted by Gasteiger charge is -2.34. The number of rotatable bonds is 7. The van der Waals surface area contributed by atoms with E-state index in [1.165, 1.54) is 6.42 Å². The Morgan fingerprint density at radius 2 is 1.66 bits per heavy atom. The Bertz CT molecular complexity index is 1040. The van der Waals surface area contributed by atoms with Crippen LogP contribution in [0.15, 0.2) is 57.7 Å². The van der Waals surface area contributed by atoms with Crippen LogP contribution >= 0.6 is 24.0 Å². The molecule has 0 saturated carbocycles. The van der Waals surface area contributed by atoms with Crippen LogP contribution in [-0.4, -0.2) is 40.9 Å². The van der Waals surface area contributed by atoms with Crippen molar-refractivity contribution in [2.45, 2.75) is 20.3 Å². The van der Waals surface area contributed by atoms with Crippen LogP contribution in [0.1, 0.15) is 20.3 Å². The normalized spacial score (nSPS) is 18.7. The van der Waals surface area contributed by atoms with Gasteiger partial charge in [0.15, 0.2) is 0 Å². The molecule has 0 aliphatic carbocycles. The molecule has 2 heterocycles. The minimum Gasteiger partial charge on any atom is -0.492 e. The standard InChI is InChI=1S/C23H26ClN3O4.ClH/c1-16-13-17(2)15-26(14-16)11-12-29-20-9-5-19(6-10-20)27-23(28)31-22(25-27)30-21-7-3-18(24)4-8-21;/h3-10,16-17H,11-15H2,1-2H3;1H. The molecule has 1 aromatic heterocycles. The van der Waals surface area contributed by atoms with Crippen molar-refractivity contribution in [2.75, 3.05) is 26.2 Å². The number of aromatic nitrogens is 2. The average molecular weight is 480 g/mol. The molecule has 0 amide bonds. The summed E-state index contributed by atoms with van der Waals surface area (Å²) in [5, 5.41) is 4.68. The van der Waals surface area contributed by atoms with Crippen LogP contribution in [0, 0.1) is 11.8 Å². The van der Waals surface area contributed by atoms with Gasteiger partial charge in [-0.1, -0.05) is 30.5 Å². The second kappa shape index (κ2) is 10.9. The molecule has 1 aliphatic rings. The number of nitrogens with zero attached hydrogens (tertiary/aromatic N) is 3. The van der Waals surface area contributed by atoms with Crippen molar-refractivity contribution in [1.29, 1.82) is 0 Å². The molecule has 2 unspecified atom stereocenters.